The first-order valence-corrected chi connectivity index (χ1v) is 11.7. The molecule has 2 aromatic heterocycles. The van der Waals surface area contributed by atoms with Crippen LogP contribution in [0.1, 0.15) is 16.8 Å². The average molecular weight is 482 g/mol. The van der Waals surface area contributed by atoms with Crippen LogP contribution < -0.4 is 16.4 Å². The van der Waals surface area contributed by atoms with Crippen LogP contribution in [0.25, 0.3) is 22.3 Å². The Morgan fingerprint density at radius 2 is 1.78 bits per heavy atom. The van der Waals surface area contributed by atoms with Gasteiger partial charge in [-0.15, -0.1) is 0 Å². The minimum absolute atomic E-state index is 0.158. The van der Waals surface area contributed by atoms with Gasteiger partial charge in [0.1, 0.15) is 5.82 Å². The number of rotatable bonds is 5. The van der Waals surface area contributed by atoms with Crippen molar-refractivity contribution < 1.29 is 9.59 Å². The van der Waals surface area contributed by atoms with Gasteiger partial charge >= 0.3 is 6.03 Å². The Morgan fingerprint density at radius 3 is 2.56 bits per heavy atom. The zero-order valence-corrected chi connectivity index (χ0v) is 19.9. The Labute approximate surface area is 209 Å². The molecule has 5 rings (SSSR count). The molecule has 182 valence electrons. The molecule has 1 unspecified atom stereocenters. The second kappa shape index (κ2) is 9.91. The van der Waals surface area contributed by atoms with E-state index in [4.69, 9.17) is 5.73 Å². The number of para-hydroxylation sites is 1. The average Bonchev–Trinajstić information content (AvgIpc) is 3.54. The van der Waals surface area contributed by atoms with E-state index in [1.165, 1.54) is 0 Å². The summed E-state index contributed by atoms with van der Waals surface area (Å²) in [7, 11) is 1.82. The number of nitrogens with zero attached hydrogens (tertiary/aromatic N) is 4. The standard InChI is InChI=1S/C27H27N7O2/c1-33-16-20(15-30-33)19-13-23(25(28)29-14-19)26(35)31-21-11-12-34(17-21)27(36)32-24-10-6-5-9-22(24)18-7-3-2-4-8-18/h2-10,13-16,21H,11-12,17H2,1H3,(H2,28,29)(H,31,35)(H,32,36). The van der Waals surface area contributed by atoms with E-state index in [2.05, 4.69) is 20.7 Å². The number of aryl methyl sites for hydroxylation is 1. The number of aromatic nitrogens is 3. The van der Waals surface area contributed by atoms with E-state index in [0.717, 1.165) is 27.9 Å². The number of amides is 3. The van der Waals surface area contributed by atoms with Gasteiger partial charge in [0.2, 0.25) is 0 Å². The predicted molar refractivity (Wildman–Crippen MR) is 139 cm³/mol. The molecule has 3 heterocycles. The van der Waals surface area contributed by atoms with E-state index in [-0.39, 0.29) is 23.8 Å². The molecule has 2 aromatic carbocycles. The lowest BCUT2D eigenvalue weighted by Crippen LogP contribution is -2.40. The van der Waals surface area contributed by atoms with Crippen molar-refractivity contribution in [1.29, 1.82) is 0 Å². The Balaban J connectivity index is 1.23. The van der Waals surface area contributed by atoms with Crippen LogP contribution in [0.4, 0.5) is 16.3 Å². The van der Waals surface area contributed by atoms with Crippen molar-refractivity contribution in [3.8, 4) is 22.3 Å². The maximum Gasteiger partial charge on any atom is 0.321 e. The maximum atomic E-state index is 13.0. The zero-order valence-electron chi connectivity index (χ0n) is 19.9. The van der Waals surface area contributed by atoms with Crippen LogP contribution in [-0.4, -0.2) is 50.7 Å². The number of nitrogens with two attached hydrogens (primary N) is 1. The molecule has 0 aliphatic carbocycles. The quantitative estimate of drug-likeness (QED) is 0.401. The molecule has 1 fully saturated rings. The first kappa shape index (κ1) is 23.1. The third-order valence-electron chi connectivity index (χ3n) is 6.27. The molecule has 1 atom stereocenters. The number of urea groups is 1. The normalized spacial score (nSPS) is 15.0. The number of pyridine rings is 1. The van der Waals surface area contributed by atoms with E-state index in [0.29, 0.717) is 25.1 Å². The van der Waals surface area contributed by atoms with Crippen LogP contribution in [-0.2, 0) is 7.05 Å². The molecule has 0 radical (unpaired) electrons. The summed E-state index contributed by atoms with van der Waals surface area (Å²) in [6.45, 7) is 0.939. The smallest absolute Gasteiger partial charge is 0.321 e. The molecule has 1 aliphatic rings. The molecule has 0 spiro atoms. The number of hydrogen-bond donors (Lipinski definition) is 3. The second-order valence-corrected chi connectivity index (χ2v) is 8.81. The lowest BCUT2D eigenvalue weighted by atomic mass is 10.0. The number of nitrogens with one attached hydrogen (secondary N) is 2. The van der Waals surface area contributed by atoms with Gasteiger partial charge in [-0.2, -0.15) is 5.10 Å². The third-order valence-corrected chi connectivity index (χ3v) is 6.27. The minimum Gasteiger partial charge on any atom is -0.383 e. The van der Waals surface area contributed by atoms with Crippen LogP contribution in [0, 0.1) is 0 Å². The summed E-state index contributed by atoms with van der Waals surface area (Å²) in [6.07, 6.45) is 5.82. The Bertz CT molecular complexity index is 1400. The highest BCUT2D eigenvalue weighted by molar-refractivity contribution is 6.00. The third kappa shape index (κ3) is 4.90. The summed E-state index contributed by atoms with van der Waals surface area (Å²) < 4.78 is 1.68. The summed E-state index contributed by atoms with van der Waals surface area (Å²) in [5, 5.41) is 10.2. The molecule has 9 nitrogen and oxygen atoms in total. The zero-order chi connectivity index (χ0) is 25.1. The van der Waals surface area contributed by atoms with Crippen molar-refractivity contribution in [2.75, 3.05) is 24.1 Å². The number of anilines is 2. The fourth-order valence-corrected chi connectivity index (χ4v) is 4.37. The Kier molecular flexibility index (Phi) is 6.36. The minimum atomic E-state index is -0.313. The van der Waals surface area contributed by atoms with Gasteiger partial charge in [0.15, 0.2) is 0 Å². The van der Waals surface area contributed by atoms with Crippen molar-refractivity contribution in [1.82, 2.24) is 25.0 Å². The number of benzene rings is 2. The fourth-order valence-electron chi connectivity index (χ4n) is 4.37. The highest BCUT2D eigenvalue weighted by Crippen LogP contribution is 2.28. The Morgan fingerprint density at radius 1 is 1.00 bits per heavy atom. The van der Waals surface area contributed by atoms with Crippen LogP contribution in [0.3, 0.4) is 0 Å². The second-order valence-electron chi connectivity index (χ2n) is 8.81. The lowest BCUT2D eigenvalue weighted by molar-refractivity contribution is 0.0938. The van der Waals surface area contributed by atoms with Crippen LogP contribution in [0.5, 0.6) is 0 Å². The number of nitrogen functional groups attached to an aromatic ring is 1. The number of carbonyl (C=O) groups excluding carboxylic acids is 2. The lowest BCUT2D eigenvalue weighted by Gasteiger charge is -2.19. The number of hydrogen-bond acceptors (Lipinski definition) is 5. The molecule has 0 bridgehead atoms. The number of carbonyl (C=O) groups is 2. The first-order chi connectivity index (χ1) is 17.5. The van der Waals surface area contributed by atoms with Gasteiger partial charge < -0.3 is 21.3 Å². The topological polar surface area (TPSA) is 118 Å². The summed E-state index contributed by atoms with van der Waals surface area (Å²) in [6, 6.07) is 19.0. The van der Waals surface area contributed by atoms with Gasteiger partial charge in [-0.3, -0.25) is 9.48 Å². The van der Waals surface area contributed by atoms with Gasteiger partial charge in [0, 0.05) is 55.3 Å². The van der Waals surface area contributed by atoms with Gasteiger partial charge in [-0.05, 0) is 24.1 Å². The van der Waals surface area contributed by atoms with Gasteiger partial charge in [-0.1, -0.05) is 48.5 Å². The molecule has 1 aliphatic heterocycles. The van der Waals surface area contributed by atoms with E-state index in [1.54, 1.807) is 28.0 Å². The predicted octanol–water partition coefficient (Wildman–Crippen LogP) is 3.77. The molecule has 4 N–H and O–H groups in total. The van der Waals surface area contributed by atoms with E-state index < -0.39 is 0 Å². The monoisotopic (exact) mass is 481 g/mol. The fraction of sp³-hybridized carbons (Fsp3) is 0.185. The summed E-state index contributed by atoms with van der Waals surface area (Å²) >= 11 is 0. The Hall–Kier alpha value is -4.66. The number of likely N-dealkylation sites (tertiary alicyclic amines) is 1. The van der Waals surface area contributed by atoms with Gasteiger partial charge in [-0.25, -0.2) is 9.78 Å². The van der Waals surface area contributed by atoms with Crippen LogP contribution in [0.2, 0.25) is 0 Å². The maximum absolute atomic E-state index is 13.0. The molecule has 3 amide bonds. The first-order valence-electron chi connectivity index (χ1n) is 11.7. The SMILES string of the molecule is Cn1cc(-c2cnc(N)c(C(=O)NC3CCN(C(=O)Nc4ccccc4-c4ccccc4)C3)c2)cn1. The molecule has 36 heavy (non-hydrogen) atoms. The molecular weight excluding hydrogens is 454 g/mol. The van der Waals surface area contributed by atoms with E-state index in [1.807, 2.05) is 67.8 Å². The summed E-state index contributed by atoms with van der Waals surface area (Å²) in [5.74, 6) is -0.155. The van der Waals surface area contributed by atoms with Crippen molar-refractivity contribution in [2.45, 2.75) is 12.5 Å². The molecular formula is C27H27N7O2. The molecule has 4 aromatic rings. The van der Waals surface area contributed by atoms with Crippen molar-refractivity contribution in [3.05, 3.63) is 84.8 Å². The van der Waals surface area contributed by atoms with Gasteiger partial charge in [0.25, 0.3) is 5.91 Å². The van der Waals surface area contributed by atoms with Crippen LogP contribution >= 0.6 is 0 Å². The highest BCUT2D eigenvalue weighted by atomic mass is 16.2. The highest BCUT2D eigenvalue weighted by Gasteiger charge is 2.28. The largest absolute Gasteiger partial charge is 0.383 e. The van der Waals surface area contributed by atoms with E-state index >= 15 is 0 Å². The van der Waals surface area contributed by atoms with Gasteiger partial charge in [0.05, 0.1) is 17.4 Å². The summed E-state index contributed by atoms with van der Waals surface area (Å²) in [4.78, 5) is 31.9. The van der Waals surface area contributed by atoms with Crippen molar-refractivity contribution >= 4 is 23.4 Å². The molecule has 1 saturated heterocycles. The molecule has 9 heteroatoms. The summed E-state index contributed by atoms with van der Waals surface area (Å²) in [5.41, 5.74) is 10.6. The van der Waals surface area contributed by atoms with Crippen molar-refractivity contribution in [3.63, 3.8) is 0 Å². The van der Waals surface area contributed by atoms with Crippen molar-refractivity contribution in [2.24, 2.45) is 7.05 Å². The van der Waals surface area contributed by atoms with Crippen LogP contribution in [0.15, 0.2) is 79.3 Å². The van der Waals surface area contributed by atoms with E-state index in [9.17, 15) is 9.59 Å². The molecule has 0 saturated carbocycles.